The number of aliphatic carboxylic acids is 1. The van der Waals surface area contributed by atoms with Gasteiger partial charge in [0.1, 0.15) is 5.78 Å². The minimum atomic E-state index is -0.814. The van der Waals surface area contributed by atoms with Gasteiger partial charge >= 0.3 is 5.97 Å². The van der Waals surface area contributed by atoms with E-state index >= 15 is 0 Å². The quantitative estimate of drug-likeness (QED) is 0.749. The molecule has 1 aliphatic rings. The summed E-state index contributed by atoms with van der Waals surface area (Å²) in [5, 5.41) is 11.3. The molecule has 124 valence electrons. The Morgan fingerprint density at radius 2 is 1.74 bits per heavy atom. The summed E-state index contributed by atoms with van der Waals surface area (Å²) in [4.78, 5) is 35.8. The number of benzene rings is 1. The fraction of sp³-hybridized carbons (Fsp3) is 0.471. The van der Waals surface area contributed by atoms with E-state index in [9.17, 15) is 14.4 Å². The highest BCUT2D eigenvalue weighted by Crippen LogP contribution is 2.19. The van der Waals surface area contributed by atoms with Gasteiger partial charge < -0.3 is 15.3 Å². The van der Waals surface area contributed by atoms with Crippen molar-refractivity contribution >= 4 is 23.3 Å². The van der Waals surface area contributed by atoms with Crippen LogP contribution in [0, 0.1) is 0 Å². The summed E-state index contributed by atoms with van der Waals surface area (Å²) in [5.41, 5.74) is 1.61. The second kappa shape index (κ2) is 8.31. The summed E-state index contributed by atoms with van der Waals surface area (Å²) in [6.45, 7) is 1.93. The van der Waals surface area contributed by atoms with E-state index in [1.165, 1.54) is 0 Å². The number of anilines is 1. The van der Waals surface area contributed by atoms with Gasteiger partial charge in [-0.25, -0.2) is 0 Å². The highest BCUT2D eigenvalue weighted by atomic mass is 16.4. The number of unbranched alkanes of at least 4 members (excludes halogenated alkanes) is 1. The first-order valence-electron chi connectivity index (χ1n) is 7.93. The van der Waals surface area contributed by atoms with Crippen LogP contribution in [0.4, 0.5) is 5.69 Å². The monoisotopic (exact) mass is 318 g/mol. The summed E-state index contributed by atoms with van der Waals surface area (Å²) in [7, 11) is 0. The zero-order chi connectivity index (χ0) is 16.7. The molecule has 0 spiro atoms. The molecular weight excluding hydrogens is 296 g/mol. The second-order valence-corrected chi connectivity index (χ2v) is 5.68. The number of nitrogens with one attached hydrogen (secondary N) is 1. The molecule has 0 bridgehead atoms. The summed E-state index contributed by atoms with van der Waals surface area (Å²) in [6, 6.07) is 7.35. The molecule has 0 unspecified atom stereocenters. The van der Waals surface area contributed by atoms with Gasteiger partial charge in [-0.3, -0.25) is 14.4 Å². The van der Waals surface area contributed by atoms with Crippen molar-refractivity contribution in [2.24, 2.45) is 0 Å². The van der Waals surface area contributed by atoms with Gasteiger partial charge in [-0.2, -0.15) is 0 Å². The fourth-order valence-corrected chi connectivity index (χ4v) is 2.54. The number of hydrogen-bond acceptors (Lipinski definition) is 4. The van der Waals surface area contributed by atoms with Crippen molar-refractivity contribution in [1.82, 2.24) is 5.32 Å². The van der Waals surface area contributed by atoms with Crippen molar-refractivity contribution < 1.29 is 19.5 Å². The Balaban J connectivity index is 1.78. The number of carboxylic acids is 1. The number of rotatable bonds is 7. The number of piperidine rings is 1. The maximum absolute atomic E-state index is 12.0. The molecular formula is C17H22N2O4. The van der Waals surface area contributed by atoms with E-state index in [1.807, 2.05) is 12.1 Å². The lowest BCUT2D eigenvalue weighted by Gasteiger charge is -2.28. The number of carbonyl (C=O) groups excluding carboxylic acids is 2. The number of Topliss-reactive ketones (excluding diaryl/α,β-unsaturated/α-hetero) is 1. The lowest BCUT2D eigenvalue weighted by Crippen LogP contribution is -2.33. The SMILES string of the molecule is O=C(O)CCCCNC(=O)c1ccc(N2CCC(=O)CC2)cc1. The minimum absolute atomic E-state index is 0.128. The van der Waals surface area contributed by atoms with Crippen molar-refractivity contribution in [2.45, 2.75) is 32.1 Å². The first kappa shape index (κ1) is 17.0. The lowest BCUT2D eigenvalue weighted by atomic mass is 10.1. The molecule has 2 N–H and O–H groups in total. The predicted octanol–water partition coefficient (Wildman–Crippen LogP) is 1.84. The van der Waals surface area contributed by atoms with Gasteiger partial charge in [0.25, 0.3) is 5.91 Å². The Labute approximate surface area is 135 Å². The predicted molar refractivity (Wildman–Crippen MR) is 86.7 cm³/mol. The first-order chi connectivity index (χ1) is 11.1. The van der Waals surface area contributed by atoms with Gasteiger partial charge in [0.05, 0.1) is 0 Å². The van der Waals surface area contributed by atoms with Crippen molar-refractivity contribution in [1.29, 1.82) is 0 Å². The fourth-order valence-electron chi connectivity index (χ4n) is 2.54. The third kappa shape index (κ3) is 5.39. The molecule has 0 aromatic heterocycles. The second-order valence-electron chi connectivity index (χ2n) is 5.68. The van der Waals surface area contributed by atoms with Crippen LogP contribution in [0.25, 0.3) is 0 Å². The largest absolute Gasteiger partial charge is 0.481 e. The highest BCUT2D eigenvalue weighted by molar-refractivity contribution is 5.94. The van der Waals surface area contributed by atoms with Crippen LogP contribution in [0.15, 0.2) is 24.3 Å². The van der Waals surface area contributed by atoms with Gasteiger partial charge in [0, 0.05) is 50.1 Å². The molecule has 2 rings (SSSR count). The minimum Gasteiger partial charge on any atom is -0.481 e. The molecule has 1 saturated heterocycles. The van der Waals surface area contributed by atoms with E-state index in [4.69, 9.17) is 5.11 Å². The summed E-state index contributed by atoms with van der Waals surface area (Å²) < 4.78 is 0. The first-order valence-corrected chi connectivity index (χ1v) is 7.93. The Bertz CT molecular complexity index is 558. The van der Waals surface area contributed by atoms with Crippen LogP contribution in [-0.4, -0.2) is 42.4 Å². The van der Waals surface area contributed by atoms with Crippen LogP contribution < -0.4 is 10.2 Å². The third-order valence-electron chi connectivity index (χ3n) is 3.92. The maximum Gasteiger partial charge on any atom is 0.303 e. The molecule has 0 saturated carbocycles. The lowest BCUT2D eigenvalue weighted by molar-refractivity contribution is -0.137. The number of nitrogens with zero attached hydrogens (tertiary/aromatic N) is 1. The summed E-state index contributed by atoms with van der Waals surface area (Å²) >= 11 is 0. The van der Waals surface area contributed by atoms with Crippen LogP contribution in [-0.2, 0) is 9.59 Å². The topological polar surface area (TPSA) is 86.7 Å². The van der Waals surface area contributed by atoms with Gasteiger partial charge in [0.15, 0.2) is 0 Å². The van der Waals surface area contributed by atoms with Crippen molar-refractivity contribution in [3.63, 3.8) is 0 Å². The molecule has 0 aliphatic carbocycles. The van der Waals surface area contributed by atoms with Gasteiger partial charge in [0.2, 0.25) is 0 Å². The molecule has 1 amide bonds. The van der Waals surface area contributed by atoms with Crippen LogP contribution >= 0.6 is 0 Å². The van der Waals surface area contributed by atoms with E-state index in [0.29, 0.717) is 43.6 Å². The van der Waals surface area contributed by atoms with E-state index in [0.717, 1.165) is 18.8 Å². The molecule has 1 aromatic rings. The van der Waals surface area contributed by atoms with Crippen LogP contribution in [0.3, 0.4) is 0 Å². The third-order valence-corrected chi connectivity index (χ3v) is 3.92. The average molecular weight is 318 g/mol. The molecule has 1 aromatic carbocycles. The zero-order valence-corrected chi connectivity index (χ0v) is 13.1. The van der Waals surface area contributed by atoms with Gasteiger partial charge in [-0.15, -0.1) is 0 Å². The normalized spacial score (nSPS) is 14.6. The molecule has 1 aliphatic heterocycles. The Kier molecular flexibility index (Phi) is 6.14. The molecule has 1 fully saturated rings. The van der Waals surface area contributed by atoms with Crippen molar-refractivity contribution in [3.05, 3.63) is 29.8 Å². The number of carbonyl (C=O) groups is 3. The molecule has 23 heavy (non-hydrogen) atoms. The number of ketones is 1. The zero-order valence-electron chi connectivity index (χ0n) is 13.1. The van der Waals surface area contributed by atoms with Gasteiger partial charge in [-0.1, -0.05) is 0 Å². The molecule has 6 heteroatoms. The summed E-state index contributed by atoms with van der Waals surface area (Å²) in [6.07, 6.45) is 2.50. The Morgan fingerprint density at radius 1 is 1.09 bits per heavy atom. The maximum atomic E-state index is 12.0. The highest BCUT2D eigenvalue weighted by Gasteiger charge is 2.16. The van der Waals surface area contributed by atoms with Crippen LogP contribution in [0.2, 0.25) is 0 Å². The van der Waals surface area contributed by atoms with Crippen molar-refractivity contribution in [3.8, 4) is 0 Å². The van der Waals surface area contributed by atoms with Crippen LogP contribution in [0.1, 0.15) is 42.5 Å². The van der Waals surface area contributed by atoms with Crippen molar-refractivity contribution in [2.75, 3.05) is 24.5 Å². The Morgan fingerprint density at radius 3 is 2.35 bits per heavy atom. The standard InChI is InChI=1S/C17H22N2O4/c20-15-8-11-19(12-9-15)14-6-4-13(5-7-14)17(23)18-10-2-1-3-16(21)22/h4-7H,1-3,8-12H2,(H,18,23)(H,21,22). The van der Waals surface area contributed by atoms with Gasteiger partial charge in [-0.05, 0) is 37.1 Å². The van der Waals surface area contributed by atoms with E-state index in [-0.39, 0.29) is 12.3 Å². The molecule has 1 heterocycles. The number of hydrogen-bond donors (Lipinski definition) is 2. The molecule has 6 nitrogen and oxygen atoms in total. The molecule has 0 atom stereocenters. The average Bonchev–Trinajstić information content (AvgIpc) is 2.55. The van der Waals surface area contributed by atoms with Crippen LogP contribution in [0.5, 0.6) is 0 Å². The number of carboxylic acid groups (broad SMARTS) is 1. The number of amides is 1. The summed E-state index contributed by atoms with van der Waals surface area (Å²) in [5.74, 6) is -0.660. The van der Waals surface area contributed by atoms with E-state index in [2.05, 4.69) is 10.2 Å². The Hall–Kier alpha value is -2.37. The molecule has 0 radical (unpaired) electrons. The van der Waals surface area contributed by atoms with E-state index in [1.54, 1.807) is 12.1 Å². The smallest absolute Gasteiger partial charge is 0.303 e. The van der Waals surface area contributed by atoms with E-state index < -0.39 is 5.97 Å².